The molecule has 1 atom stereocenters. The molecule has 0 unspecified atom stereocenters. The Bertz CT molecular complexity index is 1540. The van der Waals surface area contributed by atoms with E-state index in [0.717, 1.165) is 28.1 Å². The van der Waals surface area contributed by atoms with Crippen molar-refractivity contribution < 1.29 is 18.7 Å². The summed E-state index contributed by atoms with van der Waals surface area (Å²) >= 11 is 0. The van der Waals surface area contributed by atoms with Gasteiger partial charge in [-0.2, -0.15) is 0 Å². The zero-order chi connectivity index (χ0) is 30.1. The van der Waals surface area contributed by atoms with Crippen molar-refractivity contribution in [2.75, 3.05) is 5.32 Å². The van der Waals surface area contributed by atoms with Gasteiger partial charge in [-0.15, -0.1) is 6.58 Å². The van der Waals surface area contributed by atoms with Crippen LogP contribution in [0, 0.1) is 5.82 Å². The Morgan fingerprint density at radius 2 is 1.60 bits per heavy atom. The minimum Gasteiger partial charge on any atom is -0.459 e. The van der Waals surface area contributed by atoms with Crippen molar-refractivity contribution in [2.45, 2.75) is 52.2 Å². The Morgan fingerprint density at radius 3 is 2.19 bits per heavy atom. The normalized spacial score (nSPS) is 11.9. The van der Waals surface area contributed by atoms with Gasteiger partial charge in [-0.1, -0.05) is 74.5 Å². The van der Waals surface area contributed by atoms with Gasteiger partial charge < -0.3 is 14.6 Å². The van der Waals surface area contributed by atoms with Crippen LogP contribution in [0.4, 0.5) is 10.1 Å². The number of carbonyl (C=O) groups excluding carboxylic acids is 2. The number of hydrogen-bond donors (Lipinski definition) is 1. The van der Waals surface area contributed by atoms with E-state index in [0.29, 0.717) is 30.6 Å². The number of ether oxygens (including phenoxy) is 1. The highest BCUT2D eigenvalue weighted by atomic mass is 19.1. The number of esters is 1. The summed E-state index contributed by atoms with van der Waals surface area (Å²) in [5.41, 5.74) is 5.32. The van der Waals surface area contributed by atoms with Crippen LogP contribution in [0.1, 0.15) is 55.6 Å². The van der Waals surface area contributed by atoms with Gasteiger partial charge in [0.2, 0.25) is 0 Å². The molecule has 1 aromatic heterocycles. The number of nitrogens with one attached hydrogen (secondary N) is 1. The molecule has 5 nitrogen and oxygen atoms in total. The van der Waals surface area contributed by atoms with Crippen molar-refractivity contribution in [3.05, 3.63) is 127 Å². The van der Waals surface area contributed by atoms with Crippen molar-refractivity contribution in [1.29, 1.82) is 0 Å². The molecule has 0 spiro atoms. The van der Waals surface area contributed by atoms with Gasteiger partial charge in [0.25, 0.3) is 5.91 Å². The third kappa shape index (κ3) is 7.13. The van der Waals surface area contributed by atoms with Crippen molar-refractivity contribution >= 4 is 17.6 Å². The maximum Gasteiger partial charge on any atom is 0.330 e. The number of benzene rings is 3. The smallest absolute Gasteiger partial charge is 0.330 e. The largest absolute Gasteiger partial charge is 0.459 e. The summed E-state index contributed by atoms with van der Waals surface area (Å²) in [6.45, 7) is 10.2. The van der Waals surface area contributed by atoms with Gasteiger partial charge in [-0.25, -0.2) is 9.18 Å². The number of nitrogens with zero attached hydrogens (tertiary/aromatic N) is 1. The lowest BCUT2D eigenvalue weighted by atomic mass is 9.94. The second kappa shape index (κ2) is 14.3. The maximum atomic E-state index is 14.2. The summed E-state index contributed by atoms with van der Waals surface area (Å²) in [5.74, 6) is -1.02. The lowest BCUT2D eigenvalue weighted by molar-refractivity contribution is -0.143. The van der Waals surface area contributed by atoms with Gasteiger partial charge >= 0.3 is 5.97 Å². The summed E-state index contributed by atoms with van der Waals surface area (Å²) < 4.78 is 22.0. The molecule has 0 aliphatic heterocycles. The van der Waals surface area contributed by atoms with Crippen molar-refractivity contribution in [2.24, 2.45) is 0 Å². The Balaban J connectivity index is 1.94. The molecule has 0 aliphatic carbocycles. The fraction of sp³-hybridized carbons (Fsp3) is 0.222. The number of amides is 1. The van der Waals surface area contributed by atoms with Crippen LogP contribution in [0.3, 0.4) is 0 Å². The van der Waals surface area contributed by atoms with Crippen LogP contribution in [0.25, 0.3) is 22.4 Å². The minimum atomic E-state index is -0.410. The van der Waals surface area contributed by atoms with Gasteiger partial charge in [-0.3, -0.25) is 4.79 Å². The molecule has 6 heteroatoms. The Labute approximate surface area is 247 Å². The molecule has 1 amide bonds. The number of para-hydroxylation sites is 1. The van der Waals surface area contributed by atoms with E-state index in [1.165, 1.54) is 18.2 Å². The number of allylic oxidation sites excluding steroid dienone is 1. The number of anilines is 1. The summed E-state index contributed by atoms with van der Waals surface area (Å²) in [7, 11) is 0. The van der Waals surface area contributed by atoms with E-state index in [4.69, 9.17) is 4.74 Å². The van der Waals surface area contributed by atoms with Gasteiger partial charge in [0.15, 0.2) is 0 Å². The van der Waals surface area contributed by atoms with Crippen molar-refractivity contribution in [1.82, 2.24) is 4.57 Å². The predicted molar refractivity (Wildman–Crippen MR) is 168 cm³/mol. The van der Waals surface area contributed by atoms with Gasteiger partial charge in [0, 0.05) is 42.4 Å². The fourth-order valence-corrected chi connectivity index (χ4v) is 5.23. The zero-order valence-electron chi connectivity index (χ0n) is 24.3. The first kappa shape index (κ1) is 30.3. The molecule has 4 rings (SSSR count). The summed E-state index contributed by atoms with van der Waals surface area (Å²) in [4.78, 5) is 26.5. The van der Waals surface area contributed by atoms with E-state index >= 15 is 0 Å². The molecule has 0 fully saturated rings. The van der Waals surface area contributed by atoms with Crippen LogP contribution in [-0.2, 0) is 16.1 Å². The van der Waals surface area contributed by atoms with Gasteiger partial charge in [-0.05, 0) is 60.4 Å². The van der Waals surface area contributed by atoms with Crippen LogP contribution in [0.2, 0.25) is 0 Å². The van der Waals surface area contributed by atoms with E-state index in [-0.39, 0.29) is 17.6 Å². The van der Waals surface area contributed by atoms with Crippen molar-refractivity contribution in [3.63, 3.8) is 0 Å². The van der Waals surface area contributed by atoms with Crippen LogP contribution in [0.5, 0.6) is 0 Å². The second-order valence-corrected chi connectivity index (χ2v) is 10.4. The highest BCUT2D eigenvalue weighted by Gasteiger charge is 2.31. The fourth-order valence-electron chi connectivity index (χ4n) is 5.23. The molecule has 1 heterocycles. The van der Waals surface area contributed by atoms with E-state index in [1.54, 1.807) is 31.2 Å². The monoisotopic (exact) mass is 564 g/mol. The molecule has 4 aromatic rings. The molecule has 0 saturated heterocycles. The molecular weight excluding hydrogens is 527 g/mol. The predicted octanol–water partition coefficient (Wildman–Crippen LogP) is 8.79. The highest BCUT2D eigenvalue weighted by Crippen LogP contribution is 2.42. The molecule has 0 radical (unpaired) electrons. The minimum absolute atomic E-state index is 0.0402. The molecule has 0 aliphatic rings. The molecule has 1 N–H and O–H groups in total. The van der Waals surface area contributed by atoms with Gasteiger partial charge in [0.05, 0.1) is 11.3 Å². The van der Waals surface area contributed by atoms with Crippen LogP contribution >= 0.6 is 0 Å². The standard InChI is InChI=1S/C36H37FN2O3/c1-5-13-30(42-31(40)14-6-2)23-24-39-34(25(3)4)33(36(41)38-29-17-11-8-12-18-29)32(26-15-9-7-10-16-26)35(39)27-19-21-28(37)22-20-27/h5-12,14-22,25,30H,1,13,23-24H2,2-4H3,(H,38,41)/b14-6+/t30-/m0/s1. The number of hydrogen-bond acceptors (Lipinski definition) is 3. The molecule has 0 bridgehead atoms. The van der Waals surface area contributed by atoms with Gasteiger partial charge in [0.1, 0.15) is 11.9 Å². The summed E-state index contributed by atoms with van der Waals surface area (Å²) in [6, 6.07) is 25.5. The summed E-state index contributed by atoms with van der Waals surface area (Å²) in [6.07, 6.45) is 5.35. The first-order chi connectivity index (χ1) is 20.3. The lowest BCUT2D eigenvalue weighted by Gasteiger charge is -2.21. The highest BCUT2D eigenvalue weighted by molar-refractivity contribution is 6.12. The summed E-state index contributed by atoms with van der Waals surface area (Å²) in [5, 5.41) is 3.09. The van der Waals surface area contributed by atoms with Crippen LogP contribution in [-0.4, -0.2) is 22.5 Å². The van der Waals surface area contributed by atoms with Crippen LogP contribution in [0.15, 0.2) is 110 Å². The molecule has 0 saturated carbocycles. The Hall–Kier alpha value is -4.71. The maximum absolute atomic E-state index is 14.2. The Morgan fingerprint density at radius 1 is 0.952 bits per heavy atom. The molecule has 3 aromatic carbocycles. The zero-order valence-corrected chi connectivity index (χ0v) is 24.3. The van der Waals surface area contributed by atoms with Crippen molar-refractivity contribution in [3.8, 4) is 22.4 Å². The third-order valence-electron chi connectivity index (χ3n) is 6.98. The number of aromatic nitrogens is 1. The third-order valence-corrected chi connectivity index (χ3v) is 6.98. The van der Waals surface area contributed by atoms with Crippen LogP contribution < -0.4 is 5.32 Å². The second-order valence-electron chi connectivity index (χ2n) is 10.4. The molecule has 216 valence electrons. The van der Waals surface area contributed by atoms with E-state index in [9.17, 15) is 14.0 Å². The number of rotatable bonds is 12. The SMILES string of the molecule is C=CC[C@@H](CCn1c(-c2ccc(F)cc2)c(-c2ccccc2)c(C(=O)Nc2ccccc2)c1C(C)C)OC(=O)/C=C/C. The number of carbonyl (C=O) groups is 2. The average Bonchev–Trinajstić information content (AvgIpc) is 3.33. The molecular formula is C36H37FN2O3. The number of halogens is 1. The first-order valence-electron chi connectivity index (χ1n) is 14.2. The first-order valence-corrected chi connectivity index (χ1v) is 14.2. The topological polar surface area (TPSA) is 60.3 Å². The van der Waals surface area contributed by atoms with E-state index in [1.807, 2.05) is 60.7 Å². The average molecular weight is 565 g/mol. The van der Waals surface area contributed by atoms with E-state index in [2.05, 4.69) is 30.3 Å². The van der Waals surface area contributed by atoms with E-state index < -0.39 is 12.1 Å². The lowest BCUT2D eigenvalue weighted by Crippen LogP contribution is -2.20. The molecule has 42 heavy (non-hydrogen) atoms. The Kier molecular flexibility index (Phi) is 10.3. The quantitative estimate of drug-likeness (QED) is 0.106.